The summed E-state index contributed by atoms with van der Waals surface area (Å²) in [5.74, 6) is 0.345. The van der Waals surface area contributed by atoms with Crippen molar-refractivity contribution in [1.29, 1.82) is 0 Å². The van der Waals surface area contributed by atoms with Crippen LogP contribution in [0.15, 0.2) is 83.8 Å². The third-order valence-electron chi connectivity index (χ3n) is 4.59. The molecule has 0 spiro atoms. The molecule has 0 radical (unpaired) electrons. The molecular weight excluding hydrogens is 418 g/mol. The van der Waals surface area contributed by atoms with E-state index in [-0.39, 0.29) is 24.3 Å². The number of hydrogen-bond acceptors (Lipinski definition) is 4. The first-order valence-corrected chi connectivity index (χ1v) is 10.6. The fraction of sp³-hybridized carbons (Fsp3) is 0.0833. The molecule has 0 saturated carbocycles. The Morgan fingerprint density at radius 3 is 2.23 bits per heavy atom. The van der Waals surface area contributed by atoms with Gasteiger partial charge in [0.2, 0.25) is 0 Å². The van der Waals surface area contributed by atoms with Crippen LogP contribution in [0.2, 0.25) is 5.02 Å². The van der Waals surface area contributed by atoms with E-state index in [2.05, 4.69) is 0 Å². The van der Waals surface area contributed by atoms with Crippen molar-refractivity contribution in [2.24, 2.45) is 0 Å². The standard InChI is InChI=1S/C24H18ClNO3S/c25-20-10-12-21(13-11-20)29-15-14-26-23(27)22(30-24(26)28)16-17-6-8-19(9-7-17)18-4-2-1-3-5-18/h1-13,16H,14-15H2/b22-16-. The normalized spacial score (nSPS) is 15.1. The first-order chi connectivity index (χ1) is 14.6. The van der Waals surface area contributed by atoms with Gasteiger partial charge in [0, 0.05) is 5.02 Å². The maximum absolute atomic E-state index is 12.6. The minimum atomic E-state index is -0.295. The Balaban J connectivity index is 1.39. The summed E-state index contributed by atoms with van der Waals surface area (Å²) >= 11 is 6.80. The molecular formula is C24H18ClNO3S. The van der Waals surface area contributed by atoms with E-state index in [0.29, 0.717) is 15.7 Å². The summed E-state index contributed by atoms with van der Waals surface area (Å²) < 4.78 is 5.59. The zero-order valence-electron chi connectivity index (χ0n) is 16.0. The summed E-state index contributed by atoms with van der Waals surface area (Å²) in [6, 6.07) is 24.9. The summed E-state index contributed by atoms with van der Waals surface area (Å²) in [4.78, 5) is 26.5. The fourth-order valence-electron chi connectivity index (χ4n) is 3.03. The molecule has 1 heterocycles. The molecule has 1 saturated heterocycles. The summed E-state index contributed by atoms with van der Waals surface area (Å²) in [6.45, 7) is 0.413. The maximum Gasteiger partial charge on any atom is 0.293 e. The highest BCUT2D eigenvalue weighted by Gasteiger charge is 2.34. The van der Waals surface area contributed by atoms with Crippen LogP contribution in [-0.2, 0) is 4.79 Å². The molecule has 150 valence electrons. The van der Waals surface area contributed by atoms with Gasteiger partial charge in [0.05, 0.1) is 11.4 Å². The molecule has 3 aromatic carbocycles. The van der Waals surface area contributed by atoms with Crippen LogP contribution < -0.4 is 4.74 Å². The number of rotatable bonds is 6. The van der Waals surface area contributed by atoms with Crippen molar-refractivity contribution in [3.8, 4) is 16.9 Å². The average molecular weight is 436 g/mol. The van der Waals surface area contributed by atoms with Gasteiger partial charge in [-0.05, 0) is 58.8 Å². The van der Waals surface area contributed by atoms with Crippen LogP contribution in [0.1, 0.15) is 5.56 Å². The molecule has 0 aromatic heterocycles. The van der Waals surface area contributed by atoms with E-state index in [1.54, 1.807) is 30.3 Å². The Morgan fingerprint density at radius 1 is 0.867 bits per heavy atom. The molecule has 2 amide bonds. The molecule has 0 bridgehead atoms. The Hall–Kier alpha value is -3.02. The molecule has 1 fully saturated rings. The van der Waals surface area contributed by atoms with Crippen molar-refractivity contribution in [3.63, 3.8) is 0 Å². The van der Waals surface area contributed by atoms with E-state index in [1.807, 2.05) is 54.6 Å². The van der Waals surface area contributed by atoms with Gasteiger partial charge in [0.25, 0.3) is 11.1 Å². The van der Waals surface area contributed by atoms with Crippen LogP contribution >= 0.6 is 23.4 Å². The van der Waals surface area contributed by atoms with Crippen LogP contribution in [0.3, 0.4) is 0 Å². The number of benzene rings is 3. The van der Waals surface area contributed by atoms with E-state index >= 15 is 0 Å². The van der Waals surface area contributed by atoms with E-state index in [4.69, 9.17) is 16.3 Å². The lowest BCUT2D eigenvalue weighted by molar-refractivity contribution is -0.123. The van der Waals surface area contributed by atoms with Crippen molar-refractivity contribution in [3.05, 3.63) is 94.4 Å². The van der Waals surface area contributed by atoms with Crippen LogP contribution in [-0.4, -0.2) is 29.2 Å². The number of carbonyl (C=O) groups excluding carboxylic acids is 2. The predicted octanol–water partition coefficient (Wildman–Crippen LogP) is 6.12. The minimum absolute atomic E-state index is 0.192. The topological polar surface area (TPSA) is 46.6 Å². The molecule has 0 aliphatic carbocycles. The second kappa shape index (κ2) is 9.20. The van der Waals surface area contributed by atoms with Crippen molar-refractivity contribution >= 4 is 40.6 Å². The Kier molecular flexibility index (Phi) is 6.21. The smallest absolute Gasteiger partial charge is 0.293 e. The number of imide groups is 1. The quantitative estimate of drug-likeness (QED) is 0.437. The van der Waals surface area contributed by atoms with Crippen molar-refractivity contribution in [2.45, 2.75) is 0 Å². The second-order valence-electron chi connectivity index (χ2n) is 6.62. The molecule has 0 N–H and O–H groups in total. The summed E-state index contributed by atoms with van der Waals surface area (Å²) in [6.07, 6.45) is 1.75. The van der Waals surface area contributed by atoms with Crippen LogP contribution in [0.4, 0.5) is 4.79 Å². The van der Waals surface area contributed by atoms with Gasteiger partial charge in [-0.1, -0.05) is 66.2 Å². The molecule has 4 rings (SSSR count). The zero-order chi connectivity index (χ0) is 20.9. The second-order valence-corrected chi connectivity index (χ2v) is 8.05. The van der Waals surface area contributed by atoms with Gasteiger partial charge < -0.3 is 4.74 Å². The third kappa shape index (κ3) is 4.75. The van der Waals surface area contributed by atoms with Crippen molar-refractivity contribution in [1.82, 2.24) is 4.90 Å². The zero-order valence-corrected chi connectivity index (χ0v) is 17.5. The molecule has 1 aliphatic heterocycles. The highest BCUT2D eigenvalue weighted by Crippen LogP contribution is 2.32. The third-order valence-corrected chi connectivity index (χ3v) is 5.75. The average Bonchev–Trinajstić information content (AvgIpc) is 3.03. The van der Waals surface area contributed by atoms with Gasteiger partial charge in [-0.15, -0.1) is 0 Å². The molecule has 6 heteroatoms. The molecule has 3 aromatic rings. The van der Waals surface area contributed by atoms with Crippen molar-refractivity contribution in [2.75, 3.05) is 13.2 Å². The summed E-state index contributed by atoms with van der Waals surface area (Å²) in [7, 11) is 0. The predicted molar refractivity (Wildman–Crippen MR) is 122 cm³/mol. The van der Waals surface area contributed by atoms with Gasteiger partial charge in [0.15, 0.2) is 0 Å². The molecule has 1 aliphatic rings. The van der Waals surface area contributed by atoms with Crippen LogP contribution in [0.25, 0.3) is 17.2 Å². The number of carbonyl (C=O) groups is 2. The highest BCUT2D eigenvalue weighted by molar-refractivity contribution is 8.18. The van der Waals surface area contributed by atoms with Crippen LogP contribution in [0.5, 0.6) is 5.75 Å². The Bertz CT molecular complexity index is 1080. The maximum atomic E-state index is 12.6. The van der Waals surface area contributed by atoms with Gasteiger partial charge >= 0.3 is 0 Å². The number of ether oxygens (including phenoxy) is 1. The number of nitrogens with zero attached hydrogens (tertiary/aromatic N) is 1. The first kappa shape index (κ1) is 20.3. The molecule has 30 heavy (non-hydrogen) atoms. The fourth-order valence-corrected chi connectivity index (χ4v) is 4.02. The molecule has 0 atom stereocenters. The lowest BCUT2D eigenvalue weighted by Gasteiger charge is -2.13. The first-order valence-electron chi connectivity index (χ1n) is 9.39. The van der Waals surface area contributed by atoms with Gasteiger partial charge in [0.1, 0.15) is 12.4 Å². The largest absolute Gasteiger partial charge is 0.492 e. The molecule has 0 unspecified atom stereocenters. The number of hydrogen-bond donors (Lipinski definition) is 0. The monoisotopic (exact) mass is 435 g/mol. The lowest BCUT2D eigenvalue weighted by atomic mass is 10.0. The number of amides is 2. The van der Waals surface area contributed by atoms with Gasteiger partial charge in [-0.25, -0.2) is 0 Å². The Labute approximate surface area is 184 Å². The SMILES string of the molecule is O=C1S/C(=C\c2ccc(-c3ccccc3)cc2)C(=O)N1CCOc1ccc(Cl)cc1. The van der Waals surface area contributed by atoms with Crippen molar-refractivity contribution < 1.29 is 14.3 Å². The number of halogens is 1. The van der Waals surface area contributed by atoms with E-state index in [9.17, 15) is 9.59 Å². The highest BCUT2D eigenvalue weighted by atomic mass is 35.5. The molecule has 4 nitrogen and oxygen atoms in total. The van der Waals surface area contributed by atoms with Gasteiger partial charge in [-0.2, -0.15) is 0 Å². The Morgan fingerprint density at radius 2 is 1.53 bits per heavy atom. The lowest BCUT2D eigenvalue weighted by Crippen LogP contribution is -2.32. The summed E-state index contributed by atoms with van der Waals surface area (Å²) in [5.41, 5.74) is 3.10. The van der Waals surface area contributed by atoms with E-state index < -0.39 is 0 Å². The minimum Gasteiger partial charge on any atom is -0.492 e. The number of thioether (sulfide) groups is 1. The van der Waals surface area contributed by atoms with Crippen LogP contribution in [0, 0.1) is 0 Å². The van der Waals surface area contributed by atoms with Gasteiger partial charge in [-0.3, -0.25) is 14.5 Å². The van der Waals surface area contributed by atoms with E-state index in [1.165, 1.54) is 4.90 Å². The van der Waals surface area contributed by atoms with E-state index in [0.717, 1.165) is 28.5 Å². The summed E-state index contributed by atoms with van der Waals surface area (Å²) in [5, 5.41) is 0.335.